The molecule has 0 aromatic heterocycles. The summed E-state index contributed by atoms with van der Waals surface area (Å²) in [5.74, 6) is -1.01. The van der Waals surface area contributed by atoms with Crippen molar-refractivity contribution in [3.05, 3.63) is 12.2 Å². The average Bonchev–Trinajstić information content (AvgIpc) is 3.60. The Kier molecular flexibility index (Phi) is 5.54. The smallest absolute Gasteiger partial charge is 0.318 e. The minimum Gasteiger partial charge on any atom is -0.344 e. The Morgan fingerprint density at radius 3 is 2.67 bits per heavy atom. The quantitative estimate of drug-likeness (QED) is 0.630. The lowest BCUT2D eigenvalue weighted by atomic mass is 10.1. The number of allylic oxidation sites excluding steroid dienone is 1. The molecule has 2 aliphatic carbocycles. The van der Waals surface area contributed by atoms with E-state index in [2.05, 4.69) is 10.0 Å². The van der Waals surface area contributed by atoms with Crippen LogP contribution in [0.25, 0.3) is 0 Å². The van der Waals surface area contributed by atoms with Crippen LogP contribution in [0, 0.1) is 5.92 Å². The molecule has 4 rings (SSSR count). The molecule has 4 amide bonds. The Labute approximate surface area is 177 Å². The van der Waals surface area contributed by atoms with Crippen molar-refractivity contribution in [2.75, 3.05) is 20.1 Å². The van der Waals surface area contributed by atoms with Gasteiger partial charge in [-0.15, -0.1) is 0 Å². The molecular weight excluding hydrogens is 408 g/mol. The van der Waals surface area contributed by atoms with Crippen LogP contribution in [0.15, 0.2) is 12.2 Å². The molecule has 3 fully saturated rings. The summed E-state index contributed by atoms with van der Waals surface area (Å²) in [7, 11) is -1.95. The second kappa shape index (κ2) is 7.86. The van der Waals surface area contributed by atoms with Crippen molar-refractivity contribution in [2.24, 2.45) is 5.92 Å². The Morgan fingerprint density at radius 2 is 1.93 bits per heavy atom. The highest BCUT2D eigenvalue weighted by molar-refractivity contribution is 7.91. The number of carbonyl (C=O) groups excluding carboxylic acids is 3. The molecule has 2 aliphatic heterocycles. The second-order valence-corrected chi connectivity index (χ2v) is 10.9. The van der Waals surface area contributed by atoms with Crippen LogP contribution in [0.1, 0.15) is 51.4 Å². The zero-order valence-electron chi connectivity index (χ0n) is 17.3. The van der Waals surface area contributed by atoms with E-state index in [-0.39, 0.29) is 11.8 Å². The van der Waals surface area contributed by atoms with Gasteiger partial charge < -0.3 is 15.1 Å². The van der Waals surface area contributed by atoms with Crippen molar-refractivity contribution in [3.63, 3.8) is 0 Å². The third-order valence-corrected chi connectivity index (χ3v) is 8.42. The van der Waals surface area contributed by atoms with Crippen molar-refractivity contribution >= 4 is 27.9 Å². The first-order chi connectivity index (χ1) is 14.2. The van der Waals surface area contributed by atoms with Crippen LogP contribution in [0.2, 0.25) is 0 Å². The Hall–Kier alpha value is -2.10. The lowest BCUT2D eigenvalue weighted by Crippen LogP contribution is -2.57. The normalized spacial score (nSPS) is 33.8. The van der Waals surface area contributed by atoms with Gasteiger partial charge in [0.05, 0.1) is 5.25 Å². The van der Waals surface area contributed by atoms with E-state index in [0.29, 0.717) is 38.8 Å². The number of nitrogens with zero attached hydrogens (tertiary/aromatic N) is 2. The van der Waals surface area contributed by atoms with Gasteiger partial charge in [-0.2, -0.15) is 0 Å². The van der Waals surface area contributed by atoms with Crippen LogP contribution in [0.5, 0.6) is 0 Å². The Bertz CT molecular complexity index is 868. The molecule has 2 heterocycles. The molecular formula is C20H30N4O5S. The van der Waals surface area contributed by atoms with Crippen molar-refractivity contribution in [3.8, 4) is 0 Å². The van der Waals surface area contributed by atoms with Gasteiger partial charge in [-0.3, -0.25) is 14.3 Å². The minimum absolute atomic E-state index is 0.0857. The highest BCUT2D eigenvalue weighted by atomic mass is 32.2. The van der Waals surface area contributed by atoms with Crippen LogP contribution in [0.4, 0.5) is 4.79 Å². The van der Waals surface area contributed by atoms with E-state index in [1.54, 1.807) is 11.9 Å². The maximum absolute atomic E-state index is 13.1. The molecule has 0 unspecified atom stereocenters. The molecule has 10 heteroatoms. The van der Waals surface area contributed by atoms with E-state index in [1.165, 1.54) is 4.90 Å². The minimum atomic E-state index is -3.71. The van der Waals surface area contributed by atoms with Crippen LogP contribution >= 0.6 is 0 Å². The van der Waals surface area contributed by atoms with E-state index >= 15 is 0 Å². The lowest BCUT2D eigenvalue weighted by molar-refractivity contribution is -0.133. The summed E-state index contributed by atoms with van der Waals surface area (Å²) >= 11 is 0. The van der Waals surface area contributed by atoms with Gasteiger partial charge in [0.2, 0.25) is 15.9 Å². The first kappa shape index (κ1) is 21.1. The maximum Gasteiger partial charge on any atom is 0.318 e. The molecule has 0 aromatic carbocycles. The van der Waals surface area contributed by atoms with Gasteiger partial charge in [0, 0.05) is 26.1 Å². The van der Waals surface area contributed by atoms with Crippen LogP contribution in [-0.2, 0) is 19.6 Å². The maximum atomic E-state index is 13.1. The first-order valence-corrected chi connectivity index (χ1v) is 12.4. The largest absolute Gasteiger partial charge is 0.344 e. The van der Waals surface area contributed by atoms with Crippen LogP contribution in [-0.4, -0.2) is 73.0 Å². The van der Waals surface area contributed by atoms with Gasteiger partial charge in [0.1, 0.15) is 11.6 Å². The van der Waals surface area contributed by atoms with Crippen molar-refractivity contribution < 1.29 is 22.8 Å². The van der Waals surface area contributed by atoms with Gasteiger partial charge >= 0.3 is 6.03 Å². The highest BCUT2D eigenvalue weighted by Gasteiger charge is 2.61. The molecule has 3 atom stereocenters. The number of sulfonamides is 1. The predicted octanol–water partition coefficient (Wildman–Crippen LogP) is 0.726. The van der Waals surface area contributed by atoms with Gasteiger partial charge in [0.15, 0.2) is 0 Å². The summed E-state index contributed by atoms with van der Waals surface area (Å²) in [4.78, 5) is 42.1. The van der Waals surface area contributed by atoms with E-state index in [4.69, 9.17) is 0 Å². The van der Waals surface area contributed by atoms with Crippen molar-refractivity contribution in [1.82, 2.24) is 19.8 Å². The molecule has 9 nitrogen and oxygen atoms in total. The fourth-order valence-electron chi connectivity index (χ4n) is 4.43. The molecule has 166 valence electrons. The predicted molar refractivity (Wildman–Crippen MR) is 110 cm³/mol. The van der Waals surface area contributed by atoms with Gasteiger partial charge in [-0.1, -0.05) is 12.2 Å². The number of hydrogen-bond donors (Lipinski definition) is 2. The summed E-state index contributed by atoms with van der Waals surface area (Å²) in [5, 5.41) is 2.28. The first-order valence-electron chi connectivity index (χ1n) is 10.8. The number of carbonyl (C=O) groups is 3. The fraction of sp³-hybridized carbons (Fsp3) is 0.750. The molecule has 2 saturated carbocycles. The molecule has 4 aliphatic rings. The number of rotatable bonds is 3. The number of likely N-dealkylation sites (N-methyl/N-ethyl adjacent to an activating group) is 1. The molecule has 0 aromatic rings. The molecule has 2 N–H and O–H groups in total. The van der Waals surface area contributed by atoms with E-state index in [9.17, 15) is 22.8 Å². The van der Waals surface area contributed by atoms with Gasteiger partial charge in [-0.25, -0.2) is 13.2 Å². The summed E-state index contributed by atoms with van der Waals surface area (Å²) < 4.78 is 26.8. The standard InChI is InChI=1S/C20H30N4O5S/c1-23-11-5-3-2-4-7-14-13-20(14,18(26)22-30(28,29)15-9-10-15)21-19(27)24-12-6-8-16(24)17(23)25/h4,7,14-16H,2-3,5-6,8-13H2,1H3,(H,21,27)(H,22,26)/b7-4-/t14-,16+,20-/m1/s1. The zero-order chi connectivity index (χ0) is 21.5. The molecule has 0 spiro atoms. The van der Waals surface area contributed by atoms with Crippen molar-refractivity contribution in [2.45, 2.75) is 68.2 Å². The van der Waals surface area contributed by atoms with Crippen LogP contribution in [0.3, 0.4) is 0 Å². The average molecular weight is 439 g/mol. The van der Waals surface area contributed by atoms with E-state index in [0.717, 1.165) is 25.7 Å². The van der Waals surface area contributed by atoms with Gasteiger partial charge in [-0.05, 0) is 51.4 Å². The SMILES string of the molecule is CN1CCCC/C=C\[C@@H]2C[C@@]2(C(=O)NS(=O)(=O)C2CC2)NC(=O)N2CCC[C@H]2C1=O. The monoisotopic (exact) mass is 438 g/mol. The summed E-state index contributed by atoms with van der Waals surface area (Å²) in [6.07, 6.45) is 9.24. The summed E-state index contributed by atoms with van der Waals surface area (Å²) in [5.41, 5.74) is -1.28. The number of fused-ring (bicyclic) bond motifs is 2. The van der Waals surface area contributed by atoms with Crippen molar-refractivity contribution in [1.29, 1.82) is 0 Å². The number of amides is 4. The van der Waals surface area contributed by atoms with Crippen LogP contribution < -0.4 is 10.0 Å². The zero-order valence-corrected chi connectivity index (χ0v) is 18.1. The van der Waals surface area contributed by atoms with Gasteiger partial charge in [0.25, 0.3) is 5.91 Å². The highest BCUT2D eigenvalue weighted by Crippen LogP contribution is 2.46. The number of urea groups is 1. The fourth-order valence-corrected chi connectivity index (χ4v) is 5.79. The van der Waals surface area contributed by atoms with E-state index in [1.807, 2.05) is 12.2 Å². The molecule has 0 bridgehead atoms. The van der Waals surface area contributed by atoms with E-state index < -0.39 is 38.8 Å². The number of nitrogens with one attached hydrogen (secondary N) is 2. The molecule has 30 heavy (non-hydrogen) atoms. The third kappa shape index (κ3) is 4.06. The molecule has 0 radical (unpaired) electrons. The summed E-state index contributed by atoms with van der Waals surface area (Å²) in [6.45, 7) is 1.09. The Balaban J connectivity index is 1.57. The number of hydrogen-bond acceptors (Lipinski definition) is 5. The second-order valence-electron chi connectivity index (χ2n) is 8.92. The Morgan fingerprint density at radius 1 is 1.17 bits per heavy atom. The molecule has 1 saturated heterocycles. The summed E-state index contributed by atoms with van der Waals surface area (Å²) in [6, 6.07) is -1.02. The third-order valence-electron chi connectivity index (χ3n) is 6.61. The lowest BCUT2D eigenvalue weighted by Gasteiger charge is -2.30. The topological polar surface area (TPSA) is 116 Å².